The summed E-state index contributed by atoms with van der Waals surface area (Å²) in [6.45, 7) is 1.84. The summed E-state index contributed by atoms with van der Waals surface area (Å²) in [5.41, 5.74) is 1.69. The zero-order valence-corrected chi connectivity index (χ0v) is 8.50. The molecule has 0 fully saturated rings. The molecule has 6 heteroatoms. The fourth-order valence-electron chi connectivity index (χ4n) is 1.08. The van der Waals surface area contributed by atoms with Crippen LogP contribution in [-0.4, -0.2) is 20.1 Å². The van der Waals surface area contributed by atoms with Crippen molar-refractivity contribution in [2.24, 2.45) is 0 Å². The van der Waals surface area contributed by atoms with Crippen LogP contribution < -0.4 is 0 Å². The molecular formula is C7H7N3OS2. The van der Waals surface area contributed by atoms with Gasteiger partial charge in [-0.3, -0.25) is 0 Å². The van der Waals surface area contributed by atoms with E-state index in [1.54, 1.807) is 0 Å². The lowest BCUT2D eigenvalue weighted by Crippen LogP contribution is -1.87. The molecule has 0 aliphatic rings. The number of rotatable bonds is 1. The minimum atomic E-state index is -0.0484. The van der Waals surface area contributed by atoms with Gasteiger partial charge in [-0.1, -0.05) is 11.3 Å². The first kappa shape index (κ1) is 8.74. The molecule has 2 aromatic rings. The van der Waals surface area contributed by atoms with Crippen LogP contribution in [0, 0.1) is 11.7 Å². The smallest absolute Gasteiger partial charge is 0.198 e. The molecule has 0 aliphatic heterocycles. The number of nitrogens with zero attached hydrogens (tertiary/aromatic N) is 2. The van der Waals surface area contributed by atoms with Gasteiger partial charge in [-0.2, -0.15) is 0 Å². The maximum Gasteiger partial charge on any atom is 0.198 e. The van der Waals surface area contributed by atoms with Crippen LogP contribution in [0.25, 0.3) is 10.3 Å². The minimum Gasteiger partial charge on any atom is -0.389 e. The summed E-state index contributed by atoms with van der Waals surface area (Å²) in [5.74, 6) is 0. The van der Waals surface area contributed by atoms with Gasteiger partial charge in [0.05, 0.1) is 6.61 Å². The van der Waals surface area contributed by atoms with Crippen molar-refractivity contribution < 1.29 is 5.11 Å². The van der Waals surface area contributed by atoms with Gasteiger partial charge in [-0.15, -0.1) is 0 Å². The van der Waals surface area contributed by atoms with Crippen molar-refractivity contribution in [2.75, 3.05) is 0 Å². The molecule has 0 spiro atoms. The predicted molar refractivity (Wildman–Crippen MR) is 53.3 cm³/mol. The summed E-state index contributed by atoms with van der Waals surface area (Å²) in [4.78, 5) is 12.0. The zero-order valence-electron chi connectivity index (χ0n) is 6.87. The third-order valence-corrected chi connectivity index (χ3v) is 2.77. The Morgan fingerprint density at radius 2 is 2.31 bits per heavy atom. The van der Waals surface area contributed by atoms with Crippen molar-refractivity contribution in [1.29, 1.82) is 0 Å². The molecule has 0 radical (unpaired) electrons. The van der Waals surface area contributed by atoms with Crippen LogP contribution in [-0.2, 0) is 6.61 Å². The predicted octanol–water partition coefficient (Wildman–Crippen LogP) is 1.55. The summed E-state index contributed by atoms with van der Waals surface area (Å²) in [6, 6.07) is 0. The number of aromatic nitrogens is 3. The SMILES string of the molecule is Cc1[nH]c(=S)nc2sc(CO)nc12. The van der Waals surface area contributed by atoms with Gasteiger partial charge in [0.1, 0.15) is 15.4 Å². The highest BCUT2D eigenvalue weighted by Gasteiger charge is 2.06. The van der Waals surface area contributed by atoms with E-state index in [-0.39, 0.29) is 6.61 Å². The molecule has 0 amide bonds. The van der Waals surface area contributed by atoms with Gasteiger partial charge >= 0.3 is 0 Å². The number of aliphatic hydroxyl groups excluding tert-OH is 1. The third kappa shape index (κ3) is 1.48. The van der Waals surface area contributed by atoms with Crippen LogP contribution in [0.1, 0.15) is 10.7 Å². The molecule has 2 N–H and O–H groups in total. The quantitative estimate of drug-likeness (QED) is 0.705. The van der Waals surface area contributed by atoms with E-state index in [2.05, 4.69) is 15.0 Å². The summed E-state index contributed by atoms with van der Waals surface area (Å²) < 4.78 is 0.457. The molecule has 4 nitrogen and oxygen atoms in total. The van der Waals surface area contributed by atoms with Crippen molar-refractivity contribution in [3.63, 3.8) is 0 Å². The largest absolute Gasteiger partial charge is 0.389 e. The Kier molecular flexibility index (Phi) is 2.10. The van der Waals surface area contributed by atoms with Crippen molar-refractivity contribution >= 4 is 33.9 Å². The van der Waals surface area contributed by atoms with Crippen molar-refractivity contribution in [2.45, 2.75) is 13.5 Å². The van der Waals surface area contributed by atoms with Crippen molar-refractivity contribution in [3.05, 3.63) is 15.5 Å². The number of fused-ring (bicyclic) bond motifs is 1. The van der Waals surface area contributed by atoms with Gasteiger partial charge in [0.2, 0.25) is 0 Å². The Morgan fingerprint density at radius 1 is 1.54 bits per heavy atom. The fourth-order valence-corrected chi connectivity index (χ4v) is 2.24. The molecule has 0 aliphatic carbocycles. The average molecular weight is 213 g/mol. The first-order valence-electron chi connectivity index (χ1n) is 3.68. The zero-order chi connectivity index (χ0) is 9.42. The molecule has 0 saturated heterocycles. The van der Waals surface area contributed by atoms with Gasteiger partial charge in [-0.05, 0) is 19.1 Å². The third-order valence-electron chi connectivity index (χ3n) is 1.64. The van der Waals surface area contributed by atoms with Crippen LogP contribution in [0.15, 0.2) is 0 Å². The highest BCUT2D eigenvalue weighted by molar-refractivity contribution is 7.71. The lowest BCUT2D eigenvalue weighted by Gasteiger charge is -1.92. The number of aliphatic hydroxyl groups is 1. The lowest BCUT2D eigenvalue weighted by atomic mass is 10.4. The molecular weight excluding hydrogens is 206 g/mol. The van der Waals surface area contributed by atoms with Crippen LogP contribution in [0.5, 0.6) is 0 Å². The first-order valence-corrected chi connectivity index (χ1v) is 4.90. The molecule has 0 aromatic carbocycles. The van der Waals surface area contributed by atoms with E-state index >= 15 is 0 Å². The number of hydrogen-bond acceptors (Lipinski definition) is 5. The van der Waals surface area contributed by atoms with Gasteiger partial charge < -0.3 is 10.1 Å². The van der Waals surface area contributed by atoms with Gasteiger partial charge in [0.15, 0.2) is 4.77 Å². The maximum absolute atomic E-state index is 8.88. The maximum atomic E-state index is 8.88. The molecule has 0 saturated carbocycles. The summed E-state index contributed by atoms with van der Waals surface area (Å²) in [5, 5.41) is 9.55. The Morgan fingerprint density at radius 3 is 3.00 bits per heavy atom. The monoisotopic (exact) mass is 213 g/mol. The van der Waals surface area contributed by atoms with E-state index in [1.807, 2.05) is 6.92 Å². The Balaban J connectivity index is 2.83. The second-order valence-electron chi connectivity index (χ2n) is 2.59. The first-order chi connectivity index (χ1) is 6.20. The molecule has 2 rings (SSSR count). The molecule has 0 bridgehead atoms. The molecule has 2 aromatic heterocycles. The summed E-state index contributed by atoms with van der Waals surface area (Å²) in [6.07, 6.45) is 0. The summed E-state index contributed by atoms with van der Waals surface area (Å²) in [7, 11) is 0. The second-order valence-corrected chi connectivity index (χ2v) is 4.04. The topological polar surface area (TPSA) is 61.8 Å². The van der Waals surface area contributed by atoms with E-state index in [0.29, 0.717) is 9.78 Å². The van der Waals surface area contributed by atoms with Gasteiger partial charge in [-0.25, -0.2) is 9.97 Å². The average Bonchev–Trinajstić information content (AvgIpc) is 2.47. The number of aryl methyl sites for hydroxylation is 1. The molecule has 68 valence electrons. The van der Waals surface area contributed by atoms with Gasteiger partial charge in [0.25, 0.3) is 0 Å². The number of hydrogen-bond donors (Lipinski definition) is 2. The highest BCUT2D eigenvalue weighted by Crippen LogP contribution is 2.21. The van der Waals surface area contributed by atoms with Gasteiger partial charge in [0, 0.05) is 5.69 Å². The van der Waals surface area contributed by atoms with Crippen molar-refractivity contribution in [1.82, 2.24) is 15.0 Å². The number of nitrogens with one attached hydrogen (secondary N) is 1. The standard InChI is InChI=1S/C7H7N3OS2/c1-3-5-6(10-7(12)8-3)13-4(2-11)9-5/h11H,2H2,1H3,(H,8,10,12). The van der Waals surface area contributed by atoms with Crippen molar-refractivity contribution in [3.8, 4) is 0 Å². The van der Waals surface area contributed by atoms with E-state index in [1.165, 1.54) is 11.3 Å². The van der Waals surface area contributed by atoms with E-state index < -0.39 is 0 Å². The van der Waals surface area contributed by atoms with Crippen LogP contribution in [0.4, 0.5) is 0 Å². The number of H-pyrrole nitrogens is 1. The van der Waals surface area contributed by atoms with Crippen LogP contribution >= 0.6 is 23.6 Å². The second kappa shape index (κ2) is 3.13. The molecule has 0 atom stereocenters. The molecule has 2 heterocycles. The highest BCUT2D eigenvalue weighted by atomic mass is 32.1. The Hall–Kier alpha value is -0.850. The normalized spacial score (nSPS) is 10.9. The number of aromatic amines is 1. The minimum absolute atomic E-state index is 0.0484. The Bertz CT molecular complexity index is 502. The van der Waals surface area contributed by atoms with E-state index in [4.69, 9.17) is 17.3 Å². The van der Waals surface area contributed by atoms with E-state index in [0.717, 1.165) is 16.0 Å². The number of thiazole rings is 1. The molecule has 0 unspecified atom stereocenters. The van der Waals surface area contributed by atoms with Crippen LogP contribution in [0.2, 0.25) is 0 Å². The van der Waals surface area contributed by atoms with Crippen LogP contribution in [0.3, 0.4) is 0 Å². The van der Waals surface area contributed by atoms with E-state index in [9.17, 15) is 0 Å². The fraction of sp³-hybridized carbons (Fsp3) is 0.286. The summed E-state index contributed by atoms with van der Waals surface area (Å²) >= 11 is 6.29. The Labute approximate surface area is 83.3 Å². The molecule has 13 heavy (non-hydrogen) atoms. The lowest BCUT2D eigenvalue weighted by molar-refractivity contribution is 0.281.